The second kappa shape index (κ2) is 3.38. The summed E-state index contributed by atoms with van der Waals surface area (Å²) in [6.45, 7) is 5.64. The number of anilines is 1. The topological polar surface area (TPSA) is 46.3 Å². The van der Waals surface area contributed by atoms with Crippen LogP contribution >= 0.6 is 0 Å². The van der Waals surface area contributed by atoms with Crippen LogP contribution in [0, 0.1) is 6.92 Å². The molecule has 0 bridgehead atoms. The van der Waals surface area contributed by atoms with Crippen LogP contribution in [-0.2, 0) is 4.79 Å². The average Bonchev–Trinajstić information content (AvgIpc) is 2.38. The van der Waals surface area contributed by atoms with Crippen molar-refractivity contribution in [3.05, 3.63) is 12.0 Å². The van der Waals surface area contributed by atoms with Gasteiger partial charge in [0.1, 0.15) is 5.69 Å². The van der Waals surface area contributed by atoms with Gasteiger partial charge in [-0.15, -0.1) is 0 Å². The summed E-state index contributed by atoms with van der Waals surface area (Å²) in [7, 11) is 0. The van der Waals surface area contributed by atoms with Crippen LogP contribution < -0.4 is 4.90 Å². The lowest BCUT2D eigenvalue weighted by Gasteiger charge is -2.19. The quantitative estimate of drug-likeness (QED) is 0.640. The van der Waals surface area contributed by atoms with Crippen molar-refractivity contribution in [1.82, 2.24) is 5.16 Å². The maximum Gasteiger partial charge on any atom is 0.214 e. The highest BCUT2D eigenvalue weighted by Crippen LogP contribution is 2.19. The van der Waals surface area contributed by atoms with E-state index in [1.807, 2.05) is 13.8 Å². The smallest absolute Gasteiger partial charge is 0.214 e. The molecule has 0 aromatic carbocycles. The van der Waals surface area contributed by atoms with Gasteiger partial charge in [0.05, 0.1) is 6.20 Å². The number of nitrogens with zero attached hydrogens (tertiary/aromatic N) is 2. The molecule has 1 aromatic rings. The standard InChI is InChI=1S/C8H12N2O2/c1-6(2)10(5-11)8-4-9-12-7(8)3/h4-6H,1-3H3. The van der Waals surface area contributed by atoms with E-state index in [0.29, 0.717) is 5.76 Å². The van der Waals surface area contributed by atoms with Gasteiger partial charge in [-0.3, -0.25) is 4.79 Å². The number of aryl methyl sites for hydroxylation is 1. The largest absolute Gasteiger partial charge is 0.359 e. The first-order valence-corrected chi connectivity index (χ1v) is 3.81. The predicted molar refractivity (Wildman–Crippen MR) is 44.9 cm³/mol. The maximum atomic E-state index is 10.7. The van der Waals surface area contributed by atoms with E-state index in [2.05, 4.69) is 5.16 Å². The molecule has 0 aliphatic heterocycles. The van der Waals surface area contributed by atoms with Gasteiger partial charge in [-0.1, -0.05) is 5.16 Å². The zero-order valence-electron chi connectivity index (χ0n) is 7.44. The van der Waals surface area contributed by atoms with Gasteiger partial charge in [-0.25, -0.2) is 0 Å². The van der Waals surface area contributed by atoms with Gasteiger partial charge < -0.3 is 9.42 Å². The van der Waals surface area contributed by atoms with E-state index in [-0.39, 0.29) is 6.04 Å². The van der Waals surface area contributed by atoms with Crippen molar-refractivity contribution in [3.8, 4) is 0 Å². The molecule has 0 unspecified atom stereocenters. The Morgan fingerprint density at radius 3 is 2.67 bits per heavy atom. The third-order valence-electron chi connectivity index (χ3n) is 1.67. The summed E-state index contributed by atoms with van der Waals surface area (Å²) in [5.74, 6) is 0.663. The van der Waals surface area contributed by atoms with Crippen LogP contribution in [0.1, 0.15) is 19.6 Å². The lowest BCUT2D eigenvalue weighted by atomic mass is 10.3. The van der Waals surface area contributed by atoms with E-state index in [4.69, 9.17) is 4.52 Å². The summed E-state index contributed by atoms with van der Waals surface area (Å²) < 4.78 is 4.85. The van der Waals surface area contributed by atoms with Crippen molar-refractivity contribution >= 4 is 12.1 Å². The molecule has 0 aliphatic carbocycles. The molecule has 0 spiro atoms. The lowest BCUT2D eigenvalue weighted by Crippen LogP contribution is -2.29. The van der Waals surface area contributed by atoms with Gasteiger partial charge in [0, 0.05) is 6.04 Å². The van der Waals surface area contributed by atoms with Crippen LogP contribution in [-0.4, -0.2) is 17.6 Å². The molecule has 4 heteroatoms. The molecule has 0 radical (unpaired) electrons. The molecule has 1 amide bonds. The monoisotopic (exact) mass is 168 g/mol. The summed E-state index contributed by atoms with van der Waals surface area (Å²) in [5.41, 5.74) is 0.736. The van der Waals surface area contributed by atoms with E-state index >= 15 is 0 Å². The fraction of sp³-hybridized carbons (Fsp3) is 0.500. The Bertz CT molecular complexity index is 268. The third kappa shape index (κ3) is 1.47. The number of carbonyl (C=O) groups excluding carboxylic acids is 1. The van der Waals surface area contributed by atoms with Crippen molar-refractivity contribution in [2.75, 3.05) is 4.90 Å². The molecule has 0 saturated carbocycles. The molecular formula is C8H12N2O2. The average molecular weight is 168 g/mol. The minimum absolute atomic E-state index is 0.126. The first kappa shape index (κ1) is 8.77. The Balaban J connectivity index is 2.94. The van der Waals surface area contributed by atoms with Crippen molar-refractivity contribution < 1.29 is 9.32 Å². The Kier molecular flexibility index (Phi) is 2.47. The highest BCUT2D eigenvalue weighted by molar-refractivity contribution is 5.76. The fourth-order valence-electron chi connectivity index (χ4n) is 0.998. The molecule has 1 aromatic heterocycles. The van der Waals surface area contributed by atoms with Crippen molar-refractivity contribution in [3.63, 3.8) is 0 Å². The molecule has 66 valence electrons. The maximum absolute atomic E-state index is 10.7. The van der Waals surface area contributed by atoms with Crippen LogP contribution in [0.5, 0.6) is 0 Å². The number of rotatable bonds is 3. The number of hydrogen-bond donors (Lipinski definition) is 0. The third-order valence-corrected chi connectivity index (χ3v) is 1.67. The number of amides is 1. The molecule has 12 heavy (non-hydrogen) atoms. The summed E-state index contributed by atoms with van der Waals surface area (Å²) >= 11 is 0. The molecule has 1 rings (SSSR count). The lowest BCUT2D eigenvalue weighted by molar-refractivity contribution is -0.107. The molecule has 0 atom stereocenters. The van der Waals surface area contributed by atoms with E-state index < -0.39 is 0 Å². The molecular weight excluding hydrogens is 156 g/mol. The van der Waals surface area contributed by atoms with Gasteiger partial charge in [0.2, 0.25) is 6.41 Å². The Hall–Kier alpha value is -1.32. The van der Waals surface area contributed by atoms with Crippen molar-refractivity contribution in [2.24, 2.45) is 0 Å². The molecule has 0 aliphatic rings. The van der Waals surface area contributed by atoms with Crippen molar-refractivity contribution in [2.45, 2.75) is 26.8 Å². The van der Waals surface area contributed by atoms with E-state index in [9.17, 15) is 4.79 Å². The zero-order chi connectivity index (χ0) is 9.14. The molecule has 0 fully saturated rings. The molecule has 1 heterocycles. The number of carbonyl (C=O) groups is 1. The van der Waals surface area contributed by atoms with E-state index in [1.54, 1.807) is 18.0 Å². The van der Waals surface area contributed by atoms with Crippen LogP contribution in [0.2, 0.25) is 0 Å². The van der Waals surface area contributed by atoms with Crippen LogP contribution in [0.25, 0.3) is 0 Å². The van der Waals surface area contributed by atoms with Crippen LogP contribution in [0.15, 0.2) is 10.7 Å². The van der Waals surface area contributed by atoms with Gasteiger partial charge in [0.25, 0.3) is 0 Å². The molecule has 0 saturated heterocycles. The summed E-state index contributed by atoms with van der Waals surface area (Å²) in [4.78, 5) is 12.2. The Labute approximate surface area is 71.1 Å². The van der Waals surface area contributed by atoms with Gasteiger partial charge >= 0.3 is 0 Å². The van der Waals surface area contributed by atoms with Crippen LogP contribution in [0.4, 0.5) is 5.69 Å². The van der Waals surface area contributed by atoms with Gasteiger partial charge in [-0.2, -0.15) is 0 Å². The van der Waals surface area contributed by atoms with E-state index in [0.717, 1.165) is 12.1 Å². The normalized spacial score (nSPS) is 10.3. The highest BCUT2D eigenvalue weighted by Gasteiger charge is 2.14. The zero-order valence-corrected chi connectivity index (χ0v) is 7.44. The highest BCUT2D eigenvalue weighted by atomic mass is 16.5. The van der Waals surface area contributed by atoms with Crippen LogP contribution in [0.3, 0.4) is 0 Å². The minimum atomic E-state index is 0.126. The number of hydrogen-bond acceptors (Lipinski definition) is 3. The first-order valence-electron chi connectivity index (χ1n) is 3.81. The van der Waals surface area contributed by atoms with Gasteiger partial charge in [0.15, 0.2) is 5.76 Å². The van der Waals surface area contributed by atoms with Gasteiger partial charge in [-0.05, 0) is 20.8 Å². The summed E-state index contributed by atoms with van der Waals surface area (Å²) in [6.07, 6.45) is 2.33. The molecule has 4 nitrogen and oxygen atoms in total. The second-order valence-corrected chi connectivity index (χ2v) is 2.87. The fourth-order valence-corrected chi connectivity index (χ4v) is 0.998. The SMILES string of the molecule is Cc1oncc1N(C=O)C(C)C. The summed E-state index contributed by atoms with van der Waals surface area (Å²) in [6, 6.07) is 0.126. The Morgan fingerprint density at radius 2 is 2.33 bits per heavy atom. The minimum Gasteiger partial charge on any atom is -0.359 e. The Morgan fingerprint density at radius 1 is 1.67 bits per heavy atom. The van der Waals surface area contributed by atoms with Crippen molar-refractivity contribution in [1.29, 1.82) is 0 Å². The summed E-state index contributed by atoms with van der Waals surface area (Å²) in [5, 5.41) is 3.60. The molecule has 0 N–H and O–H groups in total. The second-order valence-electron chi connectivity index (χ2n) is 2.87. The first-order chi connectivity index (χ1) is 5.66. The number of aromatic nitrogens is 1. The predicted octanol–water partition coefficient (Wildman–Crippen LogP) is 1.35. The van der Waals surface area contributed by atoms with E-state index in [1.165, 1.54) is 0 Å².